The Morgan fingerprint density at radius 1 is 1.14 bits per heavy atom. The number of carbonyl (C=O) groups excluding carboxylic acids is 1. The molecule has 4 aromatic rings. The van der Waals surface area contributed by atoms with Crippen LogP contribution in [0.4, 0.5) is 29.6 Å². The molecule has 0 bridgehead atoms. The van der Waals surface area contributed by atoms with Gasteiger partial charge in [-0.05, 0) is 25.1 Å². The number of aromatic nitrogens is 5. The lowest BCUT2D eigenvalue weighted by atomic mass is 9.83. The number of imidazole rings is 1. The third kappa shape index (κ3) is 4.15. The van der Waals surface area contributed by atoms with Gasteiger partial charge in [-0.1, -0.05) is 0 Å². The van der Waals surface area contributed by atoms with E-state index in [0.717, 1.165) is 11.6 Å². The van der Waals surface area contributed by atoms with Gasteiger partial charge < -0.3 is 19.4 Å². The van der Waals surface area contributed by atoms with Gasteiger partial charge in [0, 0.05) is 49.8 Å². The fourth-order valence-corrected chi connectivity index (χ4v) is 4.86. The molecule has 0 unspecified atom stereocenters. The van der Waals surface area contributed by atoms with Crippen LogP contribution in [0.3, 0.4) is 0 Å². The molecule has 1 spiro atoms. The van der Waals surface area contributed by atoms with Crippen LogP contribution in [0.1, 0.15) is 29.8 Å². The highest BCUT2D eigenvalue weighted by Gasteiger charge is 2.45. The molecule has 1 aromatic carbocycles. The number of amides is 1. The summed E-state index contributed by atoms with van der Waals surface area (Å²) in [6, 6.07) is 7.62. The van der Waals surface area contributed by atoms with Crippen molar-refractivity contribution in [3.8, 4) is 11.6 Å². The van der Waals surface area contributed by atoms with Crippen molar-refractivity contribution < 1.29 is 27.4 Å². The first-order chi connectivity index (χ1) is 17.7. The van der Waals surface area contributed by atoms with E-state index in [1.807, 2.05) is 11.0 Å². The number of hydrogen-bond donors (Lipinski definition) is 2. The maximum Gasteiger partial charge on any atom is 0.418 e. The summed E-state index contributed by atoms with van der Waals surface area (Å²) in [5.74, 6) is 1.46. The number of rotatable bonds is 3. The molecule has 3 aromatic heterocycles. The highest BCUT2D eigenvalue weighted by atomic mass is 19.4. The van der Waals surface area contributed by atoms with E-state index in [-0.39, 0.29) is 22.7 Å². The van der Waals surface area contributed by atoms with E-state index in [2.05, 4.69) is 30.2 Å². The molecule has 0 aliphatic carbocycles. The molecule has 0 radical (unpaired) electrons. The number of pyridine rings is 1. The first-order valence-corrected chi connectivity index (χ1v) is 11.5. The molecule has 1 fully saturated rings. The lowest BCUT2D eigenvalue weighted by Gasteiger charge is -2.44. The summed E-state index contributed by atoms with van der Waals surface area (Å²) < 4.78 is 52.4. The molecule has 6 rings (SSSR count). The summed E-state index contributed by atoms with van der Waals surface area (Å²) >= 11 is 0. The van der Waals surface area contributed by atoms with Gasteiger partial charge in [0.2, 0.25) is 5.88 Å². The molecule has 5 heterocycles. The van der Waals surface area contributed by atoms with Crippen LogP contribution in [-0.4, -0.2) is 44.1 Å². The lowest BCUT2D eigenvalue weighted by Crippen LogP contribution is -2.48. The number of H-pyrrole nitrogens is 1. The summed E-state index contributed by atoms with van der Waals surface area (Å²) in [6.45, 7) is 2.60. The topological polar surface area (TPSA) is 118 Å². The highest BCUT2D eigenvalue weighted by molar-refractivity contribution is 5.87. The van der Waals surface area contributed by atoms with Gasteiger partial charge in [-0.3, -0.25) is 5.32 Å². The van der Waals surface area contributed by atoms with E-state index < -0.39 is 23.4 Å². The van der Waals surface area contributed by atoms with Gasteiger partial charge in [0.15, 0.2) is 0 Å². The number of benzene rings is 1. The number of ether oxygens (including phenoxy) is 2. The Morgan fingerprint density at radius 2 is 1.95 bits per heavy atom. The fourth-order valence-electron chi connectivity index (χ4n) is 4.86. The number of halogens is 3. The predicted octanol–water partition coefficient (Wildman–Crippen LogP) is 4.93. The minimum Gasteiger partial charge on any atom is -0.439 e. The van der Waals surface area contributed by atoms with Gasteiger partial charge in [-0.25, -0.2) is 24.7 Å². The normalized spacial score (nSPS) is 16.9. The van der Waals surface area contributed by atoms with Crippen molar-refractivity contribution >= 4 is 28.8 Å². The van der Waals surface area contributed by atoms with Crippen LogP contribution in [0.5, 0.6) is 11.6 Å². The number of fused-ring (bicyclic) bond motifs is 3. The Morgan fingerprint density at radius 3 is 2.73 bits per heavy atom. The Labute approximate surface area is 207 Å². The number of aryl methyl sites for hydroxylation is 1. The van der Waals surface area contributed by atoms with Crippen molar-refractivity contribution in [2.24, 2.45) is 0 Å². The number of carbonyl (C=O) groups is 1. The fraction of sp³-hybridized carbons (Fsp3) is 0.292. The van der Waals surface area contributed by atoms with E-state index in [1.54, 1.807) is 25.3 Å². The first-order valence-electron chi connectivity index (χ1n) is 11.5. The summed E-state index contributed by atoms with van der Waals surface area (Å²) in [4.78, 5) is 33.5. The molecule has 190 valence electrons. The molecule has 0 saturated carbocycles. The molecule has 1 amide bonds. The van der Waals surface area contributed by atoms with E-state index >= 15 is 0 Å². The van der Waals surface area contributed by atoms with Crippen molar-refractivity contribution in [1.82, 2.24) is 24.9 Å². The van der Waals surface area contributed by atoms with E-state index in [4.69, 9.17) is 9.47 Å². The number of alkyl halides is 3. The van der Waals surface area contributed by atoms with Crippen LogP contribution in [0.15, 0.2) is 42.9 Å². The van der Waals surface area contributed by atoms with E-state index in [9.17, 15) is 18.0 Å². The van der Waals surface area contributed by atoms with Crippen LogP contribution in [0.25, 0.3) is 11.0 Å². The highest BCUT2D eigenvalue weighted by Crippen LogP contribution is 2.43. The summed E-state index contributed by atoms with van der Waals surface area (Å²) in [6.07, 6.45) is -1.23. The van der Waals surface area contributed by atoms with Gasteiger partial charge in [-0.2, -0.15) is 13.2 Å². The molecular formula is C24H20F3N7O3. The Balaban J connectivity index is 1.23. The number of anilines is 2. The zero-order valence-electron chi connectivity index (χ0n) is 19.5. The Bertz CT molecular complexity index is 1510. The molecule has 1 saturated heterocycles. The quantitative estimate of drug-likeness (QED) is 0.398. The molecule has 2 aliphatic heterocycles. The van der Waals surface area contributed by atoms with E-state index in [0.29, 0.717) is 43.4 Å². The zero-order valence-corrected chi connectivity index (χ0v) is 19.5. The van der Waals surface area contributed by atoms with Gasteiger partial charge in [-0.15, -0.1) is 0 Å². The first kappa shape index (κ1) is 23.0. The molecular weight excluding hydrogens is 491 g/mol. The summed E-state index contributed by atoms with van der Waals surface area (Å²) in [5, 5.41) is 2.63. The van der Waals surface area contributed by atoms with Crippen LogP contribution in [0.2, 0.25) is 0 Å². The molecule has 2 N–H and O–H groups in total. The Kier molecular flexibility index (Phi) is 5.17. The van der Waals surface area contributed by atoms with Crippen molar-refractivity contribution in [1.29, 1.82) is 0 Å². The Hall–Kier alpha value is -4.42. The van der Waals surface area contributed by atoms with Gasteiger partial charge in [0.1, 0.15) is 40.7 Å². The predicted molar refractivity (Wildman–Crippen MR) is 125 cm³/mol. The minimum absolute atomic E-state index is 0.0311. The second-order valence-corrected chi connectivity index (χ2v) is 8.90. The number of hydrogen-bond acceptors (Lipinski definition) is 8. The van der Waals surface area contributed by atoms with Crippen molar-refractivity contribution in [3.05, 3.63) is 59.8 Å². The smallest absolute Gasteiger partial charge is 0.418 e. The second kappa shape index (κ2) is 8.32. The van der Waals surface area contributed by atoms with Gasteiger partial charge >= 0.3 is 12.3 Å². The van der Waals surface area contributed by atoms with Gasteiger partial charge in [0.05, 0.1) is 11.1 Å². The zero-order chi connectivity index (χ0) is 25.8. The third-order valence-corrected chi connectivity index (χ3v) is 6.54. The monoisotopic (exact) mass is 511 g/mol. The van der Waals surface area contributed by atoms with Crippen LogP contribution >= 0.6 is 0 Å². The van der Waals surface area contributed by atoms with Crippen LogP contribution in [0, 0.1) is 6.92 Å². The molecule has 37 heavy (non-hydrogen) atoms. The molecule has 13 heteroatoms. The number of nitrogens with one attached hydrogen (secondary N) is 2. The number of piperidine rings is 1. The van der Waals surface area contributed by atoms with E-state index in [1.165, 1.54) is 12.4 Å². The van der Waals surface area contributed by atoms with Crippen LogP contribution < -0.4 is 15.0 Å². The van der Waals surface area contributed by atoms with Crippen molar-refractivity contribution in [3.63, 3.8) is 0 Å². The second-order valence-electron chi connectivity index (χ2n) is 8.90. The van der Waals surface area contributed by atoms with Crippen LogP contribution in [-0.2, 0) is 16.5 Å². The average Bonchev–Trinajstić information content (AvgIpc) is 3.23. The lowest BCUT2D eigenvalue weighted by molar-refractivity contribution is -0.136. The summed E-state index contributed by atoms with van der Waals surface area (Å²) in [7, 11) is 0. The number of aromatic amines is 1. The van der Waals surface area contributed by atoms with Crippen molar-refractivity contribution in [2.75, 3.05) is 23.3 Å². The molecule has 2 aliphatic rings. The third-order valence-electron chi connectivity index (χ3n) is 6.54. The SMILES string of the molecule is Cc1nc2c(C(F)(F)F)cc(Oc3cc(N4CCC5(CC4)OC(=O)Nc4ncccc45)ncn3)cc2[nH]1. The number of nitrogens with zero attached hydrogens (tertiary/aromatic N) is 5. The summed E-state index contributed by atoms with van der Waals surface area (Å²) in [5.41, 5.74) is -0.819. The largest absolute Gasteiger partial charge is 0.439 e. The maximum atomic E-state index is 13.6. The molecule has 0 atom stereocenters. The minimum atomic E-state index is -4.61. The molecule has 10 nitrogen and oxygen atoms in total. The maximum absolute atomic E-state index is 13.6. The average molecular weight is 511 g/mol. The van der Waals surface area contributed by atoms with Gasteiger partial charge in [0.25, 0.3) is 0 Å². The standard InChI is InChI=1S/C24H20F3N7O3/c1-13-31-17-10-14(9-16(20(17)32-13)24(25,26)27)36-19-11-18(29-12-30-19)34-7-4-23(5-8-34)15-3-2-6-28-21(15)33-22(35)37-23/h2-3,6,9-12H,4-5,7-8H2,1H3,(H,31,32)(H,28,33,35). The van der Waals surface area contributed by atoms with Crippen molar-refractivity contribution in [2.45, 2.75) is 31.5 Å².